The fourth-order valence-electron chi connectivity index (χ4n) is 4.91. The van der Waals surface area contributed by atoms with Crippen LogP contribution in [0.2, 0.25) is 0 Å². The summed E-state index contributed by atoms with van der Waals surface area (Å²) in [4.78, 5) is 21.6. The molecule has 4 aromatic rings. The van der Waals surface area contributed by atoms with E-state index in [0.717, 1.165) is 41.5 Å². The quantitative estimate of drug-likeness (QED) is 0.430. The fourth-order valence-corrected chi connectivity index (χ4v) is 4.91. The number of rotatable bonds is 5. The third-order valence-electron chi connectivity index (χ3n) is 6.72. The fraction of sp³-hybridized carbons (Fsp3) is 0.321. The molecule has 7 nitrogen and oxygen atoms in total. The van der Waals surface area contributed by atoms with Crippen molar-refractivity contribution in [2.75, 3.05) is 18.2 Å². The number of benzene rings is 2. The summed E-state index contributed by atoms with van der Waals surface area (Å²) in [5, 5.41) is 3.01. The van der Waals surface area contributed by atoms with Crippen LogP contribution < -0.4 is 15.8 Å². The summed E-state index contributed by atoms with van der Waals surface area (Å²) >= 11 is 0. The van der Waals surface area contributed by atoms with Gasteiger partial charge in [-0.25, -0.2) is 9.97 Å². The number of hydrogen-bond acceptors (Lipinski definition) is 5. The third-order valence-corrected chi connectivity index (χ3v) is 6.72. The van der Waals surface area contributed by atoms with Crippen molar-refractivity contribution in [1.82, 2.24) is 14.5 Å². The van der Waals surface area contributed by atoms with E-state index in [1.165, 1.54) is 23.1 Å². The van der Waals surface area contributed by atoms with E-state index in [1.807, 2.05) is 30.3 Å². The summed E-state index contributed by atoms with van der Waals surface area (Å²) < 4.78 is 7.80. The number of methoxy groups -OCH3 is 1. The molecule has 0 atom stereocenters. The highest BCUT2D eigenvalue weighted by atomic mass is 16.5. The van der Waals surface area contributed by atoms with Crippen LogP contribution >= 0.6 is 0 Å². The number of ether oxygens (including phenoxy) is 1. The lowest BCUT2D eigenvalue weighted by molar-refractivity contribution is -0.115. The number of carbonyl (C=O) groups is 1. The lowest BCUT2D eigenvalue weighted by Gasteiger charge is -2.19. The zero-order valence-corrected chi connectivity index (χ0v) is 20.7. The molecule has 7 heteroatoms. The number of amides is 1. The van der Waals surface area contributed by atoms with Crippen LogP contribution in [0.1, 0.15) is 49.6 Å². The SMILES string of the molecule is COc1cc(-n2c3c(c4ncnc(N)c42)CCC3)ccc1NC(=O)Cc1ccc(C(C)(C)C)cc1. The van der Waals surface area contributed by atoms with Gasteiger partial charge in [0.05, 0.1) is 24.7 Å². The first-order chi connectivity index (χ1) is 16.8. The highest BCUT2D eigenvalue weighted by Gasteiger charge is 2.25. The largest absolute Gasteiger partial charge is 0.494 e. The summed E-state index contributed by atoms with van der Waals surface area (Å²) in [6.07, 6.45) is 4.85. The smallest absolute Gasteiger partial charge is 0.228 e. The number of fused-ring (bicyclic) bond motifs is 3. The minimum Gasteiger partial charge on any atom is -0.494 e. The predicted molar refractivity (Wildman–Crippen MR) is 139 cm³/mol. The number of nitrogens with zero attached hydrogens (tertiary/aromatic N) is 3. The van der Waals surface area contributed by atoms with Gasteiger partial charge in [-0.2, -0.15) is 0 Å². The second-order valence-corrected chi connectivity index (χ2v) is 10.1. The van der Waals surface area contributed by atoms with Gasteiger partial charge in [-0.1, -0.05) is 45.0 Å². The molecule has 0 spiro atoms. The van der Waals surface area contributed by atoms with Crippen molar-refractivity contribution in [2.45, 2.75) is 51.9 Å². The van der Waals surface area contributed by atoms with E-state index < -0.39 is 0 Å². The number of hydrogen-bond donors (Lipinski definition) is 2. The molecule has 2 heterocycles. The Balaban J connectivity index is 1.42. The van der Waals surface area contributed by atoms with E-state index in [9.17, 15) is 4.79 Å². The van der Waals surface area contributed by atoms with E-state index in [-0.39, 0.29) is 11.3 Å². The number of carbonyl (C=O) groups excluding carboxylic acids is 1. The third kappa shape index (κ3) is 4.22. The summed E-state index contributed by atoms with van der Waals surface area (Å²) in [5.41, 5.74) is 14.3. The average Bonchev–Trinajstić information content (AvgIpc) is 3.41. The van der Waals surface area contributed by atoms with Crippen molar-refractivity contribution in [2.24, 2.45) is 0 Å². The molecule has 35 heavy (non-hydrogen) atoms. The lowest BCUT2D eigenvalue weighted by Crippen LogP contribution is -2.16. The number of nitrogen functional groups attached to an aromatic ring is 1. The normalized spacial score (nSPS) is 13.1. The van der Waals surface area contributed by atoms with E-state index in [1.54, 1.807) is 7.11 Å². The van der Waals surface area contributed by atoms with Gasteiger partial charge < -0.3 is 20.4 Å². The predicted octanol–water partition coefficient (Wildman–Crippen LogP) is 4.98. The number of aryl methyl sites for hydroxylation is 1. The molecule has 0 saturated heterocycles. The second-order valence-electron chi connectivity index (χ2n) is 10.1. The lowest BCUT2D eigenvalue weighted by atomic mass is 9.86. The molecule has 0 fully saturated rings. The maximum absolute atomic E-state index is 12.8. The number of aromatic nitrogens is 3. The highest BCUT2D eigenvalue weighted by Crippen LogP contribution is 2.38. The van der Waals surface area contributed by atoms with Crippen molar-refractivity contribution in [3.8, 4) is 11.4 Å². The van der Waals surface area contributed by atoms with Crippen molar-refractivity contribution in [1.29, 1.82) is 0 Å². The van der Waals surface area contributed by atoms with E-state index in [2.05, 4.69) is 52.8 Å². The standard InChI is InChI=1S/C28H31N5O2/c1-28(2,3)18-10-8-17(9-11-18)14-24(34)32-21-13-12-19(15-23(21)35-4)33-22-7-5-6-20(22)25-26(33)27(29)31-16-30-25/h8-13,15-16H,5-7,14H2,1-4H3,(H,32,34)(H2,29,30,31). The molecule has 1 aliphatic rings. The zero-order chi connectivity index (χ0) is 24.7. The molecular weight excluding hydrogens is 438 g/mol. The van der Waals surface area contributed by atoms with Crippen LogP contribution in [0.3, 0.4) is 0 Å². The van der Waals surface area contributed by atoms with Crippen molar-refractivity contribution >= 4 is 28.4 Å². The highest BCUT2D eigenvalue weighted by molar-refractivity contribution is 5.94. The Morgan fingerprint density at radius 1 is 1.11 bits per heavy atom. The van der Waals surface area contributed by atoms with Gasteiger partial charge in [0.25, 0.3) is 0 Å². The van der Waals surface area contributed by atoms with Crippen LogP contribution in [0.25, 0.3) is 16.7 Å². The molecule has 1 aliphatic carbocycles. The number of anilines is 2. The maximum atomic E-state index is 12.8. The molecule has 0 aliphatic heterocycles. The molecule has 180 valence electrons. The van der Waals surface area contributed by atoms with Gasteiger partial charge in [-0.05, 0) is 53.5 Å². The molecule has 0 unspecified atom stereocenters. The van der Waals surface area contributed by atoms with Gasteiger partial charge in [-0.3, -0.25) is 4.79 Å². The van der Waals surface area contributed by atoms with Crippen LogP contribution in [0, 0.1) is 0 Å². The second kappa shape index (κ2) is 8.73. The van der Waals surface area contributed by atoms with Crippen molar-refractivity contribution < 1.29 is 9.53 Å². The first-order valence-electron chi connectivity index (χ1n) is 12.0. The zero-order valence-electron chi connectivity index (χ0n) is 20.7. The minimum atomic E-state index is -0.0930. The maximum Gasteiger partial charge on any atom is 0.228 e. The summed E-state index contributed by atoms with van der Waals surface area (Å²) in [5.74, 6) is 0.950. The molecule has 2 aromatic carbocycles. The molecule has 2 aromatic heterocycles. The Bertz CT molecular complexity index is 1410. The van der Waals surface area contributed by atoms with E-state index in [0.29, 0.717) is 23.7 Å². The molecule has 1 amide bonds. The van der Waals surface area contributed by atoms with Crippen LogP contribution in [0.4, 0.5) is 11.5 Å². The van der Waals surface area contributed by atoms with Gasteiger partial charge in [0.1, 0.15) is 17.6 Å². The van der Waals surface area contributed by atoms with Gasteiger partial charge in [-0.15, -0.1) is 0 Å². The Labute approximate surface area is 205 Å². The molecule has 0 bridgehead atoms. The van der Waals surface area contributed by atoms with Crippen LogP contribution in [-0.2, 0) is 29.5 Å². The monoisotopic (exact) mass is 469 g/mol. The van der Waals surface area contributed by atoms with E-state index in [4.69, 9.17) is 10.5 Å². The minimum absolute atomic E-state index is 0.0812. The summed E-state index contributed by atoms with van der Waals surface area (Å²) in [7, 11) is 1.61. The van der Waals surface area contributed by atoms with Crippen LogP contribution in [0.5, 0.6) is 5.75 Å². The Morgan fingerprint density at radius 3 is 2.60 bits per heavy atom. The first kappa shape index (κ1) is 22.9. The van der Waals surface area contributed by atoms with Gasteiger partial charge in [0, 0.05) is 17.4 Å². The van der Waals surface area contributed by atoms with Gasteiger partial charge in [0.2, 0.25) is 5.91 Å². The molecule has 0 saturated carbocycles. The summed E-state index contributed by atoms with van der Waals surface area (Å²) in [6.45, 7) is 6.53. The first-order valence-corrected chi connectivity index (χ1v) is 12.0. The Hall–Kier alpha value is -3.87. The van der Waals surface area contributed by atoms with Crippen LogP contribution in [-0.4, -0.2) is 27.6 Å². The van der Waals surface area contributed by atoms with E-state index >= 15 is 0 Å². The topological polar surface area (TPSA) is 95.1 Å². The number of nitrogens with two attached hydrogens (primary N) is 1. The van der Waals surface area contributed by atoms with Crippen molar-refractivity contribution in [3.05, 3.63) is 71.2 Å². The molecule has 3 N–H and O–H groups in total. The molecular formula is C28H31N5O2. The molecule has 5 rings (SSSR count). The van der Waals surface area contributed by atoms with Gasteiger partial charge in [0.15, 0.2) is 5.82 Å². The average molecular weight is 470 g/mol. The Kier molecular flexibility index (Phi) is 5.71. The summed E-state index contributed by atoms with van der Waals surface area (Å²) in [6, 6.07) is 14.0. The van der Waals surface area contributed by atoms with Gasteiger partial charge >= 0.3 is 0 Å². The Morgan fingerprint density at radius 2 is 1.89 bits per heavy atom. The van der Waals surface area contributed by atoms with Crippen molar-refractivity contribution in [3.63, 3.8) is 0 Å². The number of nitrogens with one attached hydrogen (secondary N) is 1. The van der Waals surface area contributed by atoms with Crippen LogP contribution in [0.15, 0.2) is 48.8 Å². The molecule has 0 radical (unpaired) electrons.